The van der Waals surface area contributed by atoms with Crippen LogP contribution < -0.4 is 4.90 Å². The molecule has 1 aromatic carbocycles. The van der Waals surface area contributed by atoms with Crippen LogP contribution in [0, 0.1) is 11.3 Å². The topological polar surface area (TPSA) is 67.5 Å². The Balaban J connectivity index is 2.19. The molecule has 0 spiro atoms. The Labute approximate surface area is 113 Å². The van der Waals surface area contributed by atoms with Crippen LogP contribution in [0.1, 0.15) is 36.8 Å². The highest BCUT2D eigenvalue weighted by molar-refractivity contribution is 5.60. The summed E-state index contributed by atoms with van der Waals surface area (Å²) in [5, 5.41) is 28.7. The van der Waals surface area contributed by atoms with Gasteiger partial charge in [-0.25, -0.2) is 0 Å². The third kappa shape index (κ3) is 3.06. The van der Waals surface area contributed by atoms with Crippen molar-refractivity contribution >= 4 is 5.69 Å². The van der Waals surface area contributed by atoms with Gasteiger partial charge in [0.25, 0.3) is 0 Å². The molecule has 19 heavy (non-hydrogen) atoms. The third-order valence-corrected chi connectivity index (χ3v) is 3.84. The van der Waals surface area contributed by atoms with Crippen molar-refractivity contribution in [3.8, 4) is 6.07 Å². The molecule has 102 valence electrons. The lowest BCUT2D eigenvalue weighted by molar-refractivity contribution is 0.0559. The predicted octanol–water partition coefficient (Wildman–Crippen LogP) is 1.79. The maximum Gasteiger partial charge on any atom is 0.101 e. The number of anilines is 1. The molecule has 1 aromatic rings. The zero-order chi connectivity index (χ0) is 13.9. The predicted molar refractivity (Wildman–Crippen MR) is 73.8 cm³/mol. The van der Waals surface area contributed by atoms with E-state index in [1.54, 1.807) is 6.07 Å². The van der Waals surface area contributed by atoms with Crippen LogP contribution in [0.5, 0.6) is 0 Å². The SMILES string of the molecule is CN(CC1(O)CCCC1)c1ccc(CO)cc1C#N. The van der Waals surface area contributed by atoms with Crippen LogP contribution in [0.2, 0.25) is 0 Å². The van der Waals surface area contributed by atoms with Crippen LogP contribution in [-0.2, 0) is 6.61 Å². The van der Waals surface area contributed by atoms with Crippen molar-refractivity contribution in [2.75, 3.05) is 18.5 Å². The molecular formula is C15H20N2O2. The molecule has 1 aliphatic rings. The molecule has 0 atom stereocenters. The number of likely N-dealkylation sites (N-methyl/N-ethyl adjacent to an activating group) is 1. The van der Waals surface area contributed by atoms with Crippen molar-refractivity contribution in [3.63, 3.8) is 0 Å². The van der Waals surface area contributed by atoms with Crippen LogP contribution in [0.4, 0.5) is 5.69 Å². The monoisotopic (exact) mass is 260 g/mol. The van der Waals surface area contributed by atoms with E-state index < -0.39 is 5.60 Å². The van der Waals surface area contributed by atoms with E-state index in [1.807, 2.05) is 24.1 Å². The van der Waals surface area contributed by atoms with E-state index in [0.29, 0.717) is 12.1 Å². The summed E-state index contributed by atoms with van der Waals surface area (Å²) in [7, 11) is 1.89. The molecule has 0 unspecified atom stereocenters. The summed E-state index contributed by atoms with van der Waals surface area (Å²) in [6, 6.07) is 7.50. The third-order valence-electron chi connectivity index (χ3n) is 3.84. The average Bonchev–Trinajstić information content (AvgIpc) is 2.84. The van der Waals surface area contributed by atoms with Crippen LogP contribution >= 0.6 is 0 Å². The second kappa shape index (κ2) is 5.60. The van der Waals surface area contributed by atoms with E-state index in [9.17, 15) is 10.4 Å². The lowest BCUT2D eigenvalue weighted by Gasteiger charge is -2.30. The van der Waals surface area contributed by atoms with Crippen LogP contribution in [0.15, 0.2) is 18.2 Å². The van der Waals surface area contributed by atoms with Crippen molar-refractivity contribution < 1.29 is 10.2 Å². The summed E-state index contributed by atoms with van der Waals surface area (Å²) in [5.74, 6) is 0. The number of rotatable bonds is 4. The number of hydrogen-bond acceptors (Lipinski definition) is 4. The Morgan fingerprint density at radius 1 is 1.37 bits per heavy atom. The number of nitriles is 1. The van der Waals surface area contributed by atoms with E-state index >= 15 is 0 Å². The van der Waals surface area contributed by atoms with Crippen molar-refractivity contribution in [1.29, 1.82) is 5.26 Å². The molecule has 0 radical (unpaired) electrons. The largest absolute Gasteiger partial charge is 0.392 e. The summed E-state index contributed by atoms with van der Waals surface area (Å²) in [5.41, 5.74) is 1.45. The Kier molecular flexibility index (Phi) is 4.08. The van der Waals surface area contributed by atoms with Gasteiger partial charge in [-0.15, -0.1) is 0 Å². The molecule has 1 aliphatic carbocycles. The second-order valence-corrected chi connectivity index (χ2v) is 5.41. The minimum absolute atomic E-state index is 0.0669. The summed E-state index contributed by atoms with van der Waals surface area (Å²) in [6.07, 6.45) is 3.79. The van der Waals surface area contributed by atoms with Gasteiger partial charge in [0.2, 0.25) is 0 Å². The van der Waals surface area contributed by atoms with Crippen molar-refractivity contribution in [2.45, 2.75) is 37.9 Å². The molecule has 0 heterocycles. The minimum atomic E-state index is -0.628. The molecule has 4 heteroatoms. The first kappa shape index (κ1) is 13.9. The normalized spacial score (nSPS) is 17.2. The number of aliphatic hydroxyl groups excluding tert-OH is 1. The smallest absolute Gasteiger partial charge is 0.101 e. The molecule has 0 saturated heterocycles. The lowest BCUT2D eigenvalue weighted by Crippen LogP contribution is -2.39. The molecule has 0 aromatic heterocycles. The van der Waals surface area contributed by atoms with Gasteiger partial charge in [-0.2, -0.15) is 5.26 Å². The molecule has 0 amide bonds. The van der Waals surface area contributed by atoms with Gasteiger partial charge >= 0.3 is 0 Å². The fraction of sp³-hybridized carbons (Fsp3) is 0.533. The first-order valence-corrected chi connectivity index (χ1v) is 6.65. The van der Waals surface area contributed by atoms with Crippen molar-refractivity contribution in [3.05, 3.63) is 29.3 Å². The first-order valence-electron chi connectivity index (χ1n) is 6.65. The van der Waals surface area contributed by atoms with E-state index in [4.69, 9.17) is 5.11 Å². The molecule has 1 saturated carbocycles. The van der Waals surface area contributed by atoms with Gasteiger partial charge in [-0.3, -0.25) is 0 Å². The van der Waals surface area contributed by atoms with Crippen molar-refractivity contribution in [1.82, 2.24) is 0 Å². The fourth-order valence-electron chi connectivity index (χ4n) is 2.82. The highest BCUT2D eigenvalue weighted by atomic mass is 16.3. The Bertz CT molecular complexity index is 487. The zero-order valence-electron chi connectivity index (χ0n) is 11.3. The first-order chi connectivity index (χ1) is 9.08. The Hall–Kier alpha value is -1.57. The van der Waals surface area contributed by atoms with E-state index in [1.165, 1.54) is 0 Å². The van der Waals surface area contributed by atoms with E-state index in [0.717, 1.165) is 36.9 Å². The Morgan fingerprint density at radius 2 is 2.05 bits per heavy atom. The average molecular weight is 260 g/mol. The highest BCUT2D eigenvalue weighted by Crippen LogP contribution is 2.32. The van der Waals surface area contributed by atoms with Crippen molar-refractivity contribution in [2.24, 2.45) is 0 Å². The summed E-state index contributed by atoms with van der Waals surface area (Å²) in [6.45, 7) is 0.475. The number of nitrogens with zero attached hydrogens (tertiary/aromatic N) is 2. The van der Waals surface area contributed by atoms with Crippen LogP contribution in [0.25, 0.3) is 0 Å². The van der Waals surface area contributed by atoms with Gasteiger partial charge in [-0.05, 0) is 30.5 Å². The van der Waals surface area contributed by atoms with Gasteiger partial charge in [0.05, 0.1) is 23.5 Å². The lowest BCUT2D eigenvalue weighted by atomic mass is 10.0. The molecule has 0 bridgehead atoms. The maximum absolute atomic E-state index is 10.4. The molecule has 2 N–H and O–H groups in total. The Morgan fingerprint density at radius 3 is 2.63 bits per heavy atom. The summed E-state index contributed by atoms with van der Waals surface area (Å²) < 4.78 is 0. The van der Waals surface area contributed by atoms with Gasteiger partial charge < -0.3 is 15.1 Å². The number of hydrogen-bond donors (Lipinski definition) is 2. The van der Waals surface area contributed by atoms with Gasteiger partial charge in [0, 0.05) is 13.6 Å². The molecule has 2 rings (SSSR count). The van der Waals surface area contributed by atoms with E-state index in [-0.39, 0.29) is 6.61 Å². The van der Waals surface area contributed by atoms with Gasteiger partial charge in [0.1, 0.15) is 6.07 Å². The molecular weight excluding hydrogens is 240 g/mol. The zero-order valence-corrected chi connectivity index (χ0v) is 11.3. The maximum atomic E-state index is 10.4. The summed E-state index contributed by atoms with van der Waals surface area (Å²) >= 11 is 0. The molecule has 1 fully saturated rings. The highest BCUT2D eigenvalue weighted by Gasteiger charge is 2.32. The fourth-order valence-corrected chi connectivity index (χ4v) is 2.82. The van der Waals surface area contributed by atoms with Gasteiger partial charge in [0.15, 0.2) is 0 Å². The van der Waals surface area contributed by atoms with Crippen LogP contribution in [0.3, 0.4) is 0 Å². The van der Waals surface area contributed by atoms with Gasteiger partial charge in [-0.1, -0.05) is 18.9 Å². The number of aliphatic hydroxyl groups is 2. The standard InChI is InChI=1S/C15H20N2O2/c1-17(11-15(19)6-2-3-7-15)14-5-4-12(10-18)8-13(14)9-16/h4-5,8,18-19H,2-3,6-7,10-11H2,1H3. The minimum Gasteiger partial charge on any atom is -0.392 e. The quantitative estimate of drug-likeness (QED) is 0.866. The summed E-state index contributed by atoms with van der Waals surface area (Å²) in [4.78, 5) is 1.94. The van der Waals surface area contributed by atoms with Crippen LogP contribution in [-0.4, -0.2) is 29.4 Å². The van der Waals surface area contributed by atoms with E-state index in [2.05, 4.69) is 6.07 Å². The second-order valence-electron chi connectivity index (χ2n) is 5.41. The molecule has 0 aliphatic heterocycles. The molecule has 4 nitrogen and oxygen atoms in total. The number of benzene rings is 1.